The summed E-state index contributed by atoms with van der Waals surface area (Å²) >= 11 is 19.3. The standard InChI is InChI=1S/C20H20Cl3N5O3S2/c1-13-25-20(27-26-13)32-9-8-24-19(29)12-28(11-14-2-7-17(22)18(23)10-14)33(30,31)16-5-3-15(21)4-6-16/h2-7,10H,8-9,11-12H2,1H3,(H,24,29)(H,25,26,27). The van der Waals surface area contributed by atoms with E-state index in [0.29, 0.717) is 43.9 Å². The lowest BCUT2D eigenvalue weighted by molar-refractivity contribution is -0.121. The van der Waals surface area contributed by atoms with Crippen LogP contribution < -0.4 is 5.32 Å². The van der Waals surface area contributed by atoms with Crippen molar-refractivity contribution in [3.05, 3.63) is 68.9 Å². The van der Waals surface area contributed by atoms with Gasteiger partial charge in [-0.05, 0) is 48.9 Å². The first kappa shape index (κ1) is 25.8. The van der Waals surface area contributed by atoms with Gasteiger partial charge in [-0.15, -0.1) is 5.10 Å². The topological polar surface area (TPSA) is 108 Å². The number of hydrogen-bond acceptors (Lipinski definition) is 6. The first-order valence-corrected chi connectivity index (χ1v) is 13.2. The van der Waals surface area contributed by atoms with Crippen molar-refractivity contribution in [2.75, 3.05) is 18.8 Å². The number of sulfonamides is 1. The number of benzene rings is 2. The van der Waals surface area contributed by atoms with Gasteiger partial charge in [-0.3, -0.25) is 9.89 Å². The molecule has 1 amide bonds. The van der Waals surface area contributed by atoms with E-state index in [0.717, 1.165) is 4.31 Å². The van der Waals surface area contributed by atoms with Crippen LogP contribution >= 0.6 is 46.6 Å². The average Bonchev–Trinajstić information content (AvgIpc) is 3.18. The van der Waals surface area contributed by atoms with Gasteiger partial charge >= 0.3 is 0 Å². The summed E-state index contributed by atoms with van der Waals surface area (Å²) in [6, 6.07) is 10.6. The van der Waals surface area contributed by atoms with Gasteiger partial charge in [0, 0.05) is 23.9 Å². The molecule has 13 heteroatoms. The summed E-state index contributed by atoms with van der Waals surface area (Å²) < 4.78 is 27.6. The highest BCUT2D eigenvalue weighted by molar-refractivity contribution is 7.99. The molecule has 176 valence electrons. The van der Waals surface area contributed by atoms with Gasteiger partial charge in [-0.2, -0.15) is 4.31 Å². The van der Waals surface area contributed by atoms with Crippen LogP contribution in [0.15, 0.2) is 52.5 Å². The van der Waals surface area contributed by atoms with E-state index < -0.39 is 15.9 Å². The minimum absolute atomic E-state index is 0.0234. The van der Waals surface area contributed by atoms with Crippen LogP contribution in [-0.4, -0.2) is 52.7 Å². The second-order valence-electron chi connectivity index (χ2n) is 6.88. The van der Waals surface area contributed by atoms with E-state index in [2.05, 4.69) is 20.5 Å². The van der Waals surface area contributed by atoms with Crippen molar-refractivity contribution >= 4 is 62.5 Å². The molecule has 0 aliphatic heterocycles. The number of aryl methyl sites for hydroxylation is 1. The molecular formula is C20H20Cl3N5O3S2. The van der Waals surface area contributed by atoms with Crippen molar-refractivity contribution < 1.29 is 13.2 Å². The molecule has 0 bridgehead atoms. The lowest BCUT2D eigenvalue weighted by Crippen LogP contribution is -2.40. The number of nitrogens with zero attached hydrogens (tertiary/aromatic N) is 3. The molecule has 0 unspecified atom stereocenters. The number of nitrogens with one attached hydrogen (secondary N) is 2. The summed E-state index contributed by atoms with van der Waals surface area (Å²) in [6.07, 6.45) is 0. The van der Waals surface area contributed by atoms with Crippen LogP contribution in [0.4, 0.5) is 0 Å². The lowest BCUT2D eigenvalue weighted by atomic mass is 10.2. The first-order valence-electron chi connectivity index (χ1n) is 9.63. The Balaban J connectivity index is 1.70. The minimum Gasteiger partial charge on any atom is -0.354 e. The summed E-state index contributed by atoms with van der Waals surface area (Å²) in [6.45, 7) is 1.66. The highest BCUT2D eigenvalue weighted by Gasteiger charge is 2.27. The molecule has 0 spiro atoms. The summed E-state index contributed by atoms with van der Waals surface area (Å²) in [7, 11) is -4.00. The van der Waals surface area contributed by atoms with Crippen LogP contribution in [0.1, 0.15) is 11.4 Å². The second-order valence-corrected chi connectivity index (χ2v) is 11.1. The maximum atomic E-state index is 13.3. The molecule has 2 aromatic carbocycles. The van der Waals surface area contributed by atoms with Crippen molar-refractivity contribution in [3.63, 3.8) is 0 Å². The third-order valence-electron chi connectivity index (χ3n) is 4.35. The highest BCUT2D eigenvalue weighted by atomic mass is 35.5. The molecule has 1 aromatic heterocycles. The molecule has 3 rings (SSSR count). The number of hydrogen-bond donors (Lipinski definition) is 2. The van der Waals surface area contributed by atoms with Crippen LogP contribution in [0, 0.1) is 6.92 Å². The van der Waals surface area contributed by atoms with Crippen LogP contribution in [0.5, 0.6) is 0 Å². The second kappa shape index (κ2) is 11.5. The van der Waals surface area contributed by atoms with Crippen LogP contribution in [-0.2, 0) is 21.4 Å². The van der Waals surface area contributed by atoms with Crippen molar-refractivity contribution in [3.8, 4) is 0 Å². The highest BCUT2D eigenvalue weighted by Crippen LogP contribution is 2.25. The Kier molecular flexibility index (Phi) is 9.02. The average molecular weight is 549 g/mol. The number of aromatic nitrogens is 3. The lowest BCUT2D eigenvalue weighted by Gasteiger charge is -2.22. The summed E-state index contributed by atoms with van der Waals surface area (Å²) in [4.78, 5) is 16.8. The zero-order valence-corrected chi connectivity index (χ0v) is 21.3. The van der Waals surface area contributed by atoms with Gasteiger partial charge < -0.3 is 5.32 Å². The van der Waals surface area contributed by atoms with E-state index in [4.69, 9.17) is 34.8 Å². The normalized spacial score (nSPS) is 11.7. The van der Waals surface area contributed by atoms with Gasteiger partial charge in [-0.1, -0.05) is 52.6 Å². The minimum atomic E-state index is -4.00. The molecule has 0 atom stereocenters. The van der Waals surface area contributed by atoms with E-state index >= 15 is 0 Å². The Morgan fingerprint density at radius 2 is 1.85 bits per heavy atom. The first-order chi connectivity index (χ1) is 15.6. The van der Waals surface area contributed by atoms with Gasteiger partial charge in [0.1, 0.15) is 5.82 Å². The Bertz CT molecular complexity index is 1220. The fraction of sp³-hybridized carbons (Fsp3) is 0.250. The van der Waals surface area contributed by atoms with E-state index in [1.807, 2.05) is 0 Å². The number of amides is 1. The zero-order valence-electron chi connectivity index (χ0n) is 17.4. The van der Waals surface area contributed by atoms with E-state index in [-0.39, 0.29) is 18.0 Å². The third-order valence-corrected chi connectivity index (χ3v) is 7.99. The maximum Gasteiger partial charge on any atom is 0.243 e. The van der Waals surface area contributed by atoms with Crippen LogP contribution in [0.2, 0.25) is 15.1 Å². The number of halogens is 3. The van der Waals surface area contributed by atoms with Gasteiger partial charge in [0.25, 0.3) is 0 Å². The number of carbonyl (C=O) groups excluding carboxylic acids is 1. The zero-order chi connectivity index (χ0) is 24.0. The molecule has 3 aromatic rings. The molecule has 0 saturated heterocycles. The Morgan fingerprint density at radius 1 is 1.12 bits per heavy atom. The van der Waals surface area contributed by atoms with Crippen molar-refractivity contribution in [2.45, 2.75) is 23.5 Å². The fourth-order valence-electron chi connectivity index (χ4n) is 2.76. The number of H-pyrrole nitrogens is 1. The largest absolute Gasteiger partial charge is 0.354 e. The van der Waals surface area contributed by atoms with Crippen molar-refractivity contribution in [2.24, 2.45) is 0 Å². The Morgan fingerprint density at radius 3 is 2.48 bits per heavy atom. The van der Waals surface area contributed by atoms with Gasteiger partial charge in [0.05, 0.1) is 21.5 Å². The van der Waals surface area contributed by atoms with Gasteiger partial charge in [-0.25, -0.2) is 13.4 Å². The Labute approximate surface area is 211 Å². The summed E-state index contributed by atoms with van der Waals surface area (Å²) in [5, 5.41) is 11.1. The number of rotatable bonds is 10. The molecule has 1 heterocycles. The quantitative estimate of drug-likeness (QED) is 0.291. The fourth-order valence-corrected chi connectivity index (χ4v) is 5.29. The summed E-state index contributed by atoms with van der Waals surface area (Å²) in [5.41, 5.74) is 0.588. The molecule has 33 heavy (non-hydrogen) atoms. The molecule has 0 fully saturated rings. The molecule has 0 aliphatic carbocycles. The predicted molar refractivity (Wildman–Crippen MR) is 130 cm³/mol. The SMILES string of the molecule is Cc1nc(SCCNC(=O)CN(Cc2ccc(Cl)c(Cl)c2)S(=O)(=O)c2ccc(Cl)cc2)n[nH]1. The number of aromatic amines is 1. The smallest absolute Gasteiger partial charge is 0.243 e. The van der Waals surface area contributed by atoms with Gasteiger partial charge in [0.15, 0.2) is 0 Å². The molecule has 0 saturated carbocycles. The van der Waals surface area contributed by atoms with Gasteiger partial charge in [0.2, 0.25) is 21.1 Å². The van der Waals surface area contributed by atoms with Crippen LogP contribution in [0.25, 0.3) is 0 Å². The van der Waals surface area contributed by atoms with E-state index in [1.54, 1.807) is 25.1 Å². The van der Waals surface area contributed by atoms with E-state index in [1.165, 1.54) is 36.0 Å². The number of carbonyl (C=O) groups is 1. The predicted octanol–water partition coefficient (Wildman–Crippen LogP) is 4.17. The maximum absolute atomic E-state index is 13.3. The molecule has 0 aliphatic rings. The van der Waals surface area contributed by atoms with E-state index in [9.17, 15) is 13.2 Å². The van der Waals surface area contributed by atoms with Crippen molar-refractivity contribution in [1.29, 1.82) is 0 Å². The molecule has 0 radical (unpaired) electrons. The van der Waals surface area contributed by atoms with Crippen LogP contribution in [0.3, 0.4) is 0 Å². The van der Waals surface area contributed by atoms with Crippen molar-refractivity contribution in [1.82, 2.24) is 24.8 Å². The molecular weight excluding hydrogens is 529 g/mol. The Hall–Kier alpha value is -1.82. The third kappa shape index (κ3) is 7.33. The molecule has 2 N–H and O–H groups in total. The summed E-state index contributed by atoms with van der Waals surface area (Å²) in [5.74, 6) is 0.783. The monoisotopic (exact) mass is 547 g/mol. The molecule has 8 nitrogen and oxygen atoms in total. The number of thioether (sulfide) groups is 1.